The third-order valence-corrected chi connectivity index (χ3v) is 4.99. The highest BCUT2D eigenvalue weighted by Gasteiger charge is 2.52. The first-order chi connectivity index (χ1) is 11.4. The number of ether oxygens (including phenoxy) is 1. The number of thioether (sulfide) groups is 1. The number of nitrogens with two attached hydrogens (primary N) is 1. The molecule has 24 heavy (non-hydrogen) atoms. The second kappa shape index (κ2) is 6.13. The molecule has 2 aliphatic heterocycles. The standard InChI is InChI=1S/C14H13N3O6S/c15-10-12(19)16-11(9(18)6-24-13(10)16)14(20)23-5-7-1-3-8(4-2-7)17(21)22/h1-4,10,13,18H,5-6,15H2/t10?,13-/m1/s1. The number of hydrogen-bond donors (Lipinski definition) is 2. The Balaban J connectivity index is 1.68. The van der Waals surface area contributed by atoms with Crippen molar-refractivity contribution < 1.29 is 24.4 Å². The summed E-state index contributed by atoms with van der Waals surface area (Å²) >= 11 is 1.27. The van der Waals surface area contributed by atoms with Gasteiger partial charge in [-0.1, -0.05) is 0 Å². The summed E-state index contributed by atoms with van der Waals surface area (Å²) in [6.07, 6.45) is 0. The van der Waals surface area contributed by atoms with Crippen molar-refractivity contribution in [2.24, 2.45) is 5.73 Å². The number of benzene rings is 1. The zero-order chi connectivity index (χ0) is 17.4. The van der Waals surface area contributed by atoms with E-state index in [2.05, 4.69) is 0 Å². The molecule has 1 unspecified atom stereocenters. The van der Waals surface area contributed by atoms with Crippen LogP contribution in [0.1, 0.15) is 5.56 Å². The van der Waals surface area contributed by atoms with Gasteiger partial charge in [0.1, 0.15) is 23.8 Å². The van der Waals surface area contributed by atoms with Gasteiger partial charge in [0, 0.05) is 12.1 Å². The van der Waals surface area contributed by atoms with Crippen LogP contribution in [0.15, 0.2) is 35.7 Å². The van der Waals surface area contributed by atoms with E-state index >= 15 is 0 Å². The van der Waals surface area contributed by atoms with Crippen molar-refractivity contribution in [3.05, 3.63) is 51.4 Å². The third kappa shape index (κ3) is 2.69. The number of nitrogens with zero attached hydrogens (tertiary/aromatic N) is 2. The molecule has 126 valence electrons. The molecular formula is C14H13N3O6S. The number of amides is 1. The Morgan fingerprint density at radius 1 is 1.46 bits per heavy atom. The SMILES string of the molecule is NC1C(=O)N2C(C(=O)OCc3ccc([N+](=O)[O-])cc3)=C(O)CS[C@H]12. The summed E-state index contributed by atoms with van der Waals surface area (Å²) in [5.41, 5.74) is 5.95. The van der Waals surface area contributed by atoms with Crippen molar-refractivity contribution in [1.82, 2.24) is 4.90 Å². The Bertz CT molecular complexity index is 747. The van der Waals surface area contributed by atoms with E-state index in [1.807, 2.05) is 0 Å². The van der Waals surface area contributed by atoms with Crippen LogP contribution in [0.2, 0.25) is 0 Å². The Hall–Kier alpha value is -2.59. The fourth-order valence-corrected chi connectivity index (χ4v) is 3.57. The molecule has 0 aromatic heterocycles. The molecular weight excluding hydrogens is 338 g/mol. The maximum atomic E-state index is 12.2. The minimum atomic E-state index is -0.837. The lowest BCUT2D eigenvalue weighted by molar-refractivity contribution is -0.384. The predicted molar refractivity (Wildman–Crippen MR) is 83.6 cm³/mol. The molecule has 1 saturated heterocycles. The highest BCUT2D eigenvalue weighted by molar-refractivity contribution is 8.00. The summed E-state index contributed by atoms with van der Waals surface area (Å²) in [6, 6.07) is 4.82. The Labute approximate surface area is 140 Å². The Kier molecular flexibility index (Phi) is 4.16. The summed E-state index contributed by atoms with van der Waals surface area (Å²) < 4.78 is 5.10. The summed E-state index contributed by atoms with van der Waals surface area (Å²) in [6.45, 7) is -0.139. The van der Waals surface area contributed by atoms with Gasteiger partial charge >= 0.3 is 5.97 Å². The molecule has 0 spiro atoms. The number of esters is 1. The average molecular weight is 351 g/mol. The number of aliphatic hydroxyl groups excluding tert-OH is 1. The van der Waals surface area contributed by atoms with Crippen LogP contribution >= 0.6 is 11.8 Å². The molecule has 1 fully saturated rings. The number of aliphatic hydroxyl groups is 1. The molecule has 3 rings (SSSR count). The first-order valence-electron chi connectivity index (χ1n) is 6.93. The fourth-order valence-electron chi connectivity index (χ4n) is 2.42. The van der Waals surface area contributed by atoms with E-state index in [-0.39, 0.29) is 34.9 Å². The van der Waals surface area contributed by atoms with E-state index in [1.165, 1.54) is 36.0 Å². The number of non-ortho nitro benzene ring substituents is 1. The minimum absolute atomic E-state index is 0.0715. The molecule has 9 nitrogen and oxygen atoms in total. The Morgan fingerprint density at radius 3 is 2.75 bits per heavy atom. The maximum Gasteiger partial charge on any atom is 0.358 e. The quantitative estimate of drug-likeness (QED) is 0.349. The van der Waals surface area contributed by atoms with Crippen molar-refractivity contribution in [3.63, 3.8) is 0 Å². The predicted octanol–water partition coefficient (Wildman–Crippen LogP) is 0.650. The molecule has 1 amide bonds. The van der Waals surface area contributed by atoms with Gasteiger partial charge in [-0.05, 0) is 17.7 Å². The molecule has 0 aliphatic carbocycles. The molecule has 2 atom stereocenters. The van der Waals surface area contributed by atoms with Crippen molar-refractivity contribution >= 4 is 29.3 Å². The van der Waals surface area contributed by atoms with Gasteiger partial charge in [-0.25, -0.2) is 4.79 Å². The third-order valence-electron chi connectivity index (χ3n) is 3.70. The lowest BCUT2D eigenvalue weighted by Gasteiger charge is -2.47. The average Bonchev–Trinajstić information content (AvgIpc) is 2.59. The van der Waals surface area contributed by atoms with Crippen molar-refractivity contribution in [3.8, 4) is 0 Å². The summed E-state index contributed by atoms with van der Waals surface area (Å²) in [5.74, 6) is -1.34. The number of carbonyl (C=O) groups is 2. The van der Waals surface area contributed by atoms with Gasteiger partial charge in [0.15, 0.2) is 5.70 Å². The number of rotatable bonds is 4. The normalized spacial score (nSPS) is 22.7. The van der Waals surface area contributed by atoms with Gasteiger partial charge < -0.3 is 15.6 Å². The highest BCUT2D eigenvalue weighted by atomic mass is 32.2. The second-order valence-electron chi connectivity index (χ2n) is 5.23. The monoisotopic (exact) mass is 351 g/mol. The molecule has 0 bridgehead atoms. The summed E-state index contributed by atoms with van der Waals surface area (Å²) in [5, 5.41) is 20.1. The van der Waals surface area contributed by atoms with Crippen LogP contribution in [-0.2, 0) is 20.9 Å². The highest BCUT2D eigenvalue weighted by Crippen LogP contribution is 2.38. The molecule has 1 aromatic rings. The van der Waals surface area contributed by atoms with Gasteiger partial charge in [-0.2, -0.15) is 0 Å². The van der Waals surface area contributed by atoms with Crippen LogP contribution in [-0.4, -0.2) is 44.0 Å². The van der Waals surface area contributed by atoms with Crippen molar-refractivity contribution in [1.29, 1.82) is 0 Å². The van der Waals surface area contributed by atoms with Crippen molar-refractivity contribution in [2.45, 2.75) is 18.0 Å². The van der Waals surface area contributed by atoms with Crippen LogP contribution in [0.4, 0.5) is 5.69 Å². The van der Waals surface area contributed by atoms with Crippen molar-refractivity contribution in [2.75, 3.05) is 5.75 Å². The van der Waals surface area contributed by atoms with Gasteiger partial charge in [0.05, 0.1) is 10.7 Å². The van der Waals surface area contributed by atoms with E-state index < -0.39 is 22.8 Å². The molecule has 2 heterocycles. The van der Waals surface area contributed by atoms with Gasteiger partial charge in [-0.3, -0.25) is 19.8 Å². The van der Waals surface area contributed by atoms with Crippen LogP contribution in [0.25, 0.3) is 0 Å². The lowest BCUT2D eigenvalue weighted by Crippen LogP contribution is -2.68. The molecule has 1 aromatic carbocycles. The first kappa shape index (κ1) is 16.3. The number of fused-ring (bicyclic) bond motifs is 1. The second-order valence-corrected chi connectivity index (χ2v) is 6.34. The zero-order valence-corrected chi connectivity index (χ0v) is 13.1. The van der Waals surface area contributed by atoms with Gasteiger partial charge in [-0.15, -0.1) is 11.8 Å². The number of β-lactam (4-membered cyclic amide) rings is 1. The van der Waals surface area contributed by atoms with Gasteiger partial charge in [0.2, 0.25) is 5.91 Å². The van der Waals surface area contributed by atoms with E-state index in [1.54, 1.807) is 0 Å². The van der Waals surface area contributed by atoms with Crippen LogP contribution in [0.5, 0.6) is 0 Å². The lowest BCUT2D eigenvalue weighted by atomic mass is 10.1. The molecule has 10 heteroatoms. The summed E-state index contributed by atoms with van der Waals surface area (Å²) in [7, 11) is 0. The Morgan fingerprint density at radius 2 is 2.12 bits per heavy atom. The molecule has 3 N–H and O–H groups in total. The number of nitro benzene ring substituents is 1. The molecule has 2 aliphatic rings. The van der Waals surface area contributed by atoms with Crippen LogP contribution < -0.4 is 5.73 Å². The first-order valence-corrected chi connectivity index (χ1v) is 7.98. The van der Waals surface area contributed by atoms with Crippen LogP contribution in [0.3, 0.4) is 0 Å². The smallest absolute Gasteiger partial charge is 0.358 e. The van der Waals surface area contributed by atoms with Gasteiger partial charge in [0.25, 0.3) is 5.69 Å². The molecule has 0 saturated carbocycles. The fraction of sp³-hybridized carbons (Fsp3) is 0.286. The number of hydrogen-bond acceptors (Lipinski definition) is 8. The van der Waals surface area contributed by atoms with E-state index in [0.717, 1.165) is 4.90 Å². The van der Waals surface area contributed by atoms with E-state index in [4.69, 9.17) is 10.5 Å². The van der Waals surface area contributed by atoms with Crippen LogP contribution in [0, 0.1) is 10.1 Å². The number of carbonyl (C=O) groups excluding carboxylic acids is 2. The topological polar surface area (TPSA) is 136 Å². The number of nitro groups is 1. The van der Waals surface area contributed by atoms with E-state index in [9.17, 15) is 24.8 Å². The summed E-state index contributed by atoms with van der Waals surface area (Å²) in [4.78, 5) is 35.2. The minimum Gasteiger partial charge on any atom is -0.509 e. The van der Waals surface area contributed by atoms with E-state index in [0.29, 0.717) is 5.56 Å². The molecule has 0 radical (unpaired) electrons. The largest absolute Gasteiger partial charge is 0.509 e. The zero-order valence-electron chi connectivity index (χ0n) is 12.2. The maximum absolute atomic E-state index is 12.2.